The van der Waals surface area contributed by atoms with Gasteiger partial charge in [-0.25, -0.2) is 4.39 Å². The number of amides is 2. The summed E-state index contributed by atoms with van der Waals surface area (Å²) in [5, 5.41) is 11.1. The van der Waals surface area contributed by atoms with Gasteiger partial charge >= 0.3 is 0 Å². The molecule has 45 heavy (non-hydrogen) atoms. The number of H-pyrrole nitrogens is 1. The molecular weight excluding hydrogens is 575 g/mol. The molecule has 3 aromatic carbocycles. The van der Waals surface area contributed by atoms with Crippen LogP contribution in [0.5, 0.6) is 5.75 Å². The van der Waals surface area contributed by atoms with E-state index in [0.717, 1.165) is 11.1 Å². The van der Waals surface area contributed by atoms with Crippen molar-refractivity contribution >= 4 is 34.0 Å². The van der Waals surface area contributed by atoms with Gasteiger partial charge in [0.15, 0.2) is 5.82 Å². The van der Waals surface area contributed by atoms with Gasteiger partial charge in [-0.15, -0.1) is 5.10 Å². The Morgan fingerprint density at radius 1 is 1.04 bits per heavy atom. The van der Waals surface area contributed by atoms with Gasteiger partial charge in [0.1, 0.15) is 11.4 Å². The lowest BCUT2D eigenvalue weighted by Crippen LogP contribution is -2.36. The average molecular weight is 609 g/mol. The Morgan fingerprint density at radius 2 is 1.91 bits per heavy atom. The van der Waals surface area contributed by atoms with E-state index in [9.17, 15) is 9.59 Å². The summed E-state index contributed by atoms with van der Waals surface area (Å²) in [7, 11) is 3.19. The fraction of sp³-hybridized carbons (Fsp3) is 0.235. The third kappa shape index (κ3) is 6.34. The number of hydrogen-bond acceptors (Lipinski definition) is 6. The summed E-state index contributed by atoms with van der Waals surface area (Å²) in [6.07, 6.45) is 6.10. The van der Waals surface area contributed by atoms with Crippen molar-refractivity contribution < 1.29 is 23.5 Å². The van der Waals surface area contributed by atoms with Crippen molar-refractivity contribution in [1.82, 2.24) is 24.9 Å². The lowest BCUT2D eigenvalue weighted by molar-refractivity contribution is -0.131. The molecule has 1 aliphatic heterocycles. The second-order valence-electron chi connectivity index (χ2n) is 10.8. The average Bonchev–Trinajstić information content (AvgIpc) is 3.76. The minimum Gasteiger partial charge on any atom is -0.496 e. The highest BCUT2D eigenvalue weighted by Crippen LogP contribution is 2.40. The van der Waals surface area contributed by atoms with E-state index in [0.29, 0.717) is 59.6 Å². The van der Waals surface area contributed by atoms with Gasteiger partial charge in [-0.05, 0) is 53.5 Å². The molecule has 6 rings (SSSR count). The highest BCUT2D eigenvalue weighted by atomic mass is 19.1. The van der Waals surface area contributed by atoms with Crippen LogP contribution in [0, 0.1) is 5.82 Å². The monoisotopic (exact) mass is 608 g/mol. The molecule has 1 aliphatic rings. The van der Waals surface area contributed by atoms with E-state index in [-0.39, 0.29) is 30.1 Å². The number of aryl methyl sites for hydroxylation is 1. The predicted octanol–water partition coefficient (Wildman–Crippen LogP) is 5.68. The van der Waals surface area contributed by atoms with Crippen molar-refractivity contribution in [3.8, 4) is 16.9 Å². The van der Waals surface area contributed by atoms with Gasteiger partial charge in [0.2, 0.25) is 5.91 Å². The molecule has 10 nitrogen and oxygen atoms in total. The number of benzene rings is 3. The van der Waals surface area contributed by atoms with Gasteiger partial charge in [-0.2, -0.15) is 0 Å². The maximum Gasteiger partial charge on any atom is 0.272 e. The summed E-state index contributed by atoms with van der Waals surface area (Å²) in [6.45, 7) is 1.63. The van der Waals surface area contributed by atoms with Crippen LogP contribution in [0.1, 0.15) is 34.5 Å². The smallest absolute Gasteiger partial charge is 0.272 e. The minimum absolute atomic E-state index is 0.0454. The van der Waals surface area contributed by atoms with Crippen LogP contribution < -0.4 is 10.1 Å². The summed E-state index contributed by atoms with van der Waals surface area (Å²) >= 11 is 0. The van der Waals surface area contributed by atoms with Crippen molar-refractivity contribution in [3.63, 3.8) is 0 Å². The zero-order chi connectivity index (χ0) is 31.3. The lowest BCUT2D eigenvalue weighted by atomic mass is 9.93. The highest BCUT2D eigenvalue weighted by molar-refractivity contribution is 6.09. The molecule has 3 heterocycles. The number of aromatic amines is 1. The van der Waals surface area contributed by atoms with Crippen molar-refractivity contribution in [2.45, 2.75) is 26.0 Å². The van der Waals surface area contributed by atoms with Crippen LogP contribution in [0.15, 0.2) is 79.1 Å². The van der Waals surface area contributed by atoms with Crippen LogP contribution >= 0.6 is 0 Å². The first-order valence-electron chi connectivity index (χ1n) is 14.6. The topological polar surface area (TPSA) is 114 Å². The number of nitrogens with zero attached hydrogens (tertiary/aromatic N) is 4. The first kappa shape index (κ1) is 29.8. The number of ether oxygens (including phenoxy) is 2. The molecule has 0 unspecified atom stereocenters. The summed E-state index contributed by atoms with van der Waals surface area (Å²) in [5.74, 6) is -0.335. The Balaban J connectivity index is 1.36. The quantitative estimate of drug-likeness (QED) is 0.211. The number of halogens is 1. The van der Waals surface area contributed by atoms with E-state index < -0.39 is 11.7 Å². The number of hydrogen-bond donors (Lipinski definition) is 2. The first-order valence-corrected chi connectivity index (χ1v) is 14.6. The van der Waals surface area contributed by atoms with Gasteiger partial charge in [0.25, 0.3) is 5.91 Å². The van der Waals surface area contributed by atoms with Crippen molar-refractivity contribution in [2.75, 3.05) is 32.6 Å². The van der Waals surface area contributed by atoms with E-state index >= 15 is 4.39 Å². The van der Waals surface area contributed by atoms with E-state index in [1.54, 1.807) is 54.4 Å². The van der Waals surface area contributed by atoms with Crippen LogP contribution in [-0.4, -0.2) is 64.0 Å². The van der Waals surface area contributed by atoms with E-state index in [1.807, 2.05) is 48.5 Å². The first-order chi connectivity index (χ1) is 21.9. The van der Waals surface area contributed by atoms with E-state index in [1.165, 1.54) is 0 Å². The maximum absolute atomic E-state index is 16.5. The number of nitrogens with one attached hydrogen (secondary N) is 2. The highest BCUT2D eigenvalue weighted by Gasteiger charge is 2.25. The molecule has 0 spiro atoms. The van der Waals surface area contributed by atoms with Gasteiger partial charge < -0.3 is 24.7 Å². The van der Waals surface area contributed by atoms with Crippen molar-refractivity contribution in [1.29, 1.82) is 0 Å². The molecule has 0 radical (unpaired) electrons. The number of carbonyl (C=O) groups excluding carboxylic acids is 2. The fourth-order valence-corrected chi connectivity index (χ4v) is 5.68. The molecule has 11 heteroatoms. The number of fused-ring (bicyclic) bond motifs is 1. The molecule has 230 valence electrons. The molecule has 2 N–H and O–H groups in total. The number of anilines is 1. The Bertz CT molecular complexity index is 1880. The van der Waals surface area contributed by atoms with Crippen LogP contribution in [0.2, 0.25) is 0 Å². The van der Waals surface area contributed by atoms with Crippen LogP contribution in [-0.2, 0) is 22.7 Å². The van der Waals surface area contributed by atoms with Gasteiger partial charge in [-0.3, -0.25) is 14.3 Å². The standard InChI is InChI=1S/C34H33FN6O4/c1-44-21-22-7-5-9-24(17-22)37-34(43)29-19-28-27(25-10-3-4-11-30(25)45-2)18-26(32(35)33(28)38-29)23-8-6-14-40(20-23)31(42)12-15-41-16-13-36-39-41/h3-5,7-11,13,16-19,38H,6,12,14-15,20-21H2,1-2H3,(H,37,43). The summed E-state index contributed by atoms with van der Waals surface area (Å²) < 4.78 is 28.9. The summed E-state index contributed by atoms with van der Waals surface area (Å²) in [5.41, 5.74) is 4.42. The number of carbonyl (C=O) groups is 2. The molecule has 5 aromatic rings. The molecular formula is C34H33FN6O4. The van der Waals surface area contributed by atoms with Gasteiger partial charge in [0, 0.05) is 55.0 Å². The van der Waals surface area contributed by atoms with Crippen LogP contribution in [0.3, 0.4) is 0 Å². The third-order valence-corrected chi connectivity index (χ3v) is 7.87. The van der Waals surface area contributed by atoms with Gasteiger partial charge in [-0.1, -0.05) is 41.6 Å². The lowest BCUT2D eigenvalue weighted by Gasteiger charge is -2.28. The minimum atomic E-state index is -0.493. The molecule has 0 aliphatic carbocycles. The number of methoxy groups -OCH3 is 2. The molecule has 2 amide bonds. The van der Waals surface area contributed by atoms with Crippen LogP contribution in [0.4, 0.5) is 10.1 Å². The molecule has 0 fully saturated rings. The van der Waals surface area contributed by atoms with Crippen LogP contribution in [0.25, 0.3) is 27.6 Å². The Labute approximate surface area is 259 Å². The molecule has 0 atom stereocenters. The van der Waals surface area contributed by atoms with E-state index in [2.05, 4.69) is 20.6 Å². The largest absolute Gasteiger partial charge is 0.496 e. The fourth-order valence-electron chi connectivity index (χ4n) is 5.68. The molecule has 0 saturated heterocycles. The van der Waals surface area contributed by atoms with Crippen molar-refractivity contribution in [2.24, 2.45) is 0 Å². The number of para-hydroxylation sites is 1. The van der Waals surface area contributed by atoms with Crippen molar-refractivity contribution in [3.05, 3.63) is 102 Å². The SMILES string of the molecule is COCc1cccc(NC(=O)c2cc3c(-c4ccccc4OC)cc(C4=CCCN(C(=O)CCn5ccnn5)C4)c(F)c3[nH]2)c1. The molecule has 0 bridgehead atoms. The second kappa shape index (κ2) is 13.1. The zero-order valence-corrected chi connectivity index (χ0v) is 25.0. The number of aromatic nitrogens is 4. The maximum atomic E-state index is 16.5. The third-order valence-electron chi connectivity index (χ3n) is 7.87. The zero-order valence-electron chi connectivity index (χ0n) is 25.0. The Kier molecular flexibility index (Phi) is 8.70. The summed E-state index contributed by atoms with van der Waals surface area (Å²) in [6, 6.07) is 18.3. The summed E-state index contributed by atoms with van der Waals surface area (Å²) in [4.78, 5) is 31.3. The molecule has 2 aromatic heterocycles. The Morgan fingerprint density at radius 3 is 2.71 bits per heavy atom. The van der Waals surface area contributed by atoms with E-state index in [4.69, 9.17) is 9.47 Å². The van der Waals surface area contributed by atoms with Gasteiger partial charge in [0.05, 0.1) is 32.0 Å². The Hall–Kier alpha value is -5.29. The normalized spacial score (nSPS) is 13.1. The predicted molar refractivity (Wildman–Crippen MR) is 169 cm³/mol. The number of rotatable bonds is 10. The molecule has 0 saturated carbocycles. The second-order valence-corrected chi connectivity index (χ2v) is 10.8.